The predicted octanol–water partition coefficient (Wildman–Crippen LogP) is 5.96. The molecule has 2 radical (unpaired) electrons. The average Bonchev–Trinajstić information content (AvgIpc) is 3.66. The molecular weight excluding hydrogens is 652 g/mol. The van der Waals surface area contributed by atoms with Crippen molar-refractivity contribution in [1.82, 2.24) is 15.3 Å². The van der Waals surface area contributed by atoms with E-state index >= 15 is 0 Å². The van der Waals surface area contributed by atoms with Gasteiger partial charge in [0.1, 0.15) is 24.5 Å². The summed E-state index contributed by atoms with van der Waals surface area (Å²) in [6.45, 7) is 27.8. The Morgan fingerprint density at radius 1 is 1.08 bits per heavy atom. The van der Waals surface area contributed by atoms with Crippen molar-refractivity contribution in [3.05, 3.63) is 12.7 Å². The highest BCUT2D eigenvalue weighted by atomic mass is 31.2. The fourth-order valence-electron chi connectivity index (χ4n) is 8.00. The van der Waals surface area contributed by atoms with Gasteiger partial charge in [0.05, 0.1) is 6.67 Å². The van der Waals surface area contributed by atoms with Crippen LogP contribution in [-0.4, -0.2) is 84.0 Å². The highest BCUT2D eigenvalue weighted by Crippen LogP contribution is 2.58. The number of nitrogen functional groups attached to an aromatic ring is 1. The summed E-state index contributed by atoms with van der Waals surface area (Å²) in [5.41, 5.74) is 6.90. The van der Waals surface area contributed by atoms with Crippen LogP contribution in [0.25, 0.3) is 0 Å². The second-order valence-electron chi connectivity index (χ2n) is 15.6. The third-order valence-corrected chi connectivity index (χ3v) is 13.9. The van der Waals surface area contributed by atoms with Crippen molar-refractivity contribution >= 4 is 38.7 Å². The van der Waals surface area contributed by atoms with Crippen molar-refractivity contribution in [1.29, 1.82) is 0 Å². The zero-order valence-electron chi connectivity index (χ0n) is 32.1. The van der Waals surface area contributed by atoms with Crippen LogP contribution in [0.3, 0.4) is 0 Å². The summed E-state index contributed by atoms with van der Waals surface area (Å²) in [6, 6.07) is 0. The van der Waals surface area contributed by atoms with Crippen LogP contribution in [0.4, 0.5) is 23.3 Å². The quantitative estimate of drug-likeness (QED) is 0.0432. The van der Waals surface area contributed by atoms with E-state index in [4.69, 9.17) is 32.1 Å². The largest absolute Gasteiger partial charge is 0.488 e. The number of hydrogen-bond acceptors (Lipinski definition) is 12. The molecule has 1 aromatic rings. The first-order valence-electron chi connectivity index (χ1n) is 18.9. The van der Waals surface area contributed by atoms with Gasteiger partial charge in [-0.2, -0.15) is 19.0 Å². The number of aromatic nitrogens is 2. The summed E-state index contributed by atoms with van der Waals surface area (Å²) < 4.78 is 16.7. The molecule has 0 aromatic carbocycles. The summed E-state index contributed by atoms with van der Waals surface area (Å²) >= 11 is 0. The van der Waals surface area contributed by atoms with E-state index < -0.39 is 32.4 Å². The molecule has 0 bridgehead atoms. The van der Waals surface area contributed by atoms with Gasteiger partial charge < -0.3 is 36.4 Å². The number of anilines is 4. The highest BCUT2D eigenvalue weighted by Gasteiger charge is 2.58. The molecule has 2 fully saturated rings. The topological polar surface area (TPSA) is 159 Å². The standard InChI is InChI=1S/C36H66BN7O5P/c1-11-21(3)23(5)25(7)27(9)36(10,26(8)24(6)22(4)12-2)41-18-16-14-13-15-17-39-35-42-32(38)29-33(43-35)44(20-40-29)34-30(45)31-28(48-34)19-47-50(37,46)49-31/h12,21-28,30-31,34,40-41,45-46H,2,11,13-20H2,1,3-10H3,(H3,38,39,42,43)/q+1/t21?,22?,23?,24?,25?,26?,27?,28?,30?,31-,34?,36?,50?/m1/s1. The molecular formula is C36H66BN7O5P+. The molecule has 0 saturated carbocycles. The number of nitrogens with zero attached hydrogens (tertiary/aromatic N) is 3. The minimum atomic E-state index is -3.48. The number of ether oxygens (including phenoxy) is 1. The molecule has 1 aromatic heterocycles. The van der Waals surface area contributed by atoms with Crippen molar-refractivity contribution in [2.45, 2.75) is 124 Å². The number of hydrogen-bond donors (Lipinski definition) is 6. The number of allylic oxidation sites excluding steroid dienone is 1. The number of aliphatic hydroxyl groups is 1. The van der Waals surface area contributed by atoms with Crippen molar-refractivity contribution in [2.24, 2.45) is 41.4 Å². The minimum absolute atomic E-state index is 0.0145. The molecule has 0 spiro atoms. The Morgan fingerprint density at radius 2 is 1.74 bits per heavy atom. The maximum absolute atomic E-state index is 11.0. The molecule has 12 nitrogen and oxygen atoms in total. The summed E-state index contributed by atoms with van der Waals surface area (Å²) in [5, 5.41) is 21.6. The summed E-state index contributed by atoms with van der Waals surface area (Å²) in [7, 11) is 2.19. The SMILES string of the molecule is [B][P+]1(O)OCC2OC(N3CNc4c(N)nc(NCCCCCCNC(C)(C(C)C(C)C(C)C=C)C(C)C(C)C(C)C(C)CC)nc43)C(O)[C@@H]2O1. The second kappa shape index (κ2) is 17.4. The van der Waals surface area contributed by atoms with Crippen LogP contribution in [0.2, 0.25) is 0 Å². The number of nitrogens with two attached hydrogens (primary N) is 1. The van der Waals surface area contributed by atoms with E-state index in [1.807, 2.05) is 0 Å². The Bertz CT molecular complexity index is 1270. The number of fused-ring (bicyclic) bond motifs is 2. The van der Waals surface area contributed by atoms with Crippen LogP contribution >= 0.6 is 7.82 Å². The first-order valence-corrected chi connectivity index (χ1v) is 20.6. The lowest BCUT2D eigenvalue weighted by molar-refractivity contribution is -0.0440. The fourth-order valence-corrected chi connectivity index (χ4v) is 9.03. The second-order valence-corrected chi connectivity index (χ2v) is 17.2. The molecule has 4 rings (SSSR count). The monoisotopic (exact) mass is 718 g/mol. The molecule has 3 aliphatic rings. The average molecular weight is 719 g/mol. The van der Waals surface area contributed by atoms with Gasteiger partial charge in [0, 0.05) is 12.1 Å². The molecule has 282 valence electrons. The Hall–Kier alpha value is -1.73. The van der Waals surface area contributed by atoms with Gasteiger partial charge in [0.15, 0.2) is 24.0 Å². The van der Waals surface area contributed by atoms with Crippen molar-refractivity contribution < 1.29 is 23.8 Å². The van der Waals surface area contributed by atoms with E-state index in [2.05, 4.69) is 95.9 Å². The first kappa shape index (κ1) is 41.0. The summed E-state index contributed by atoms with van der Waals surface area (Å²) in [5.74, 6) is 5.26. The number of rotatable bonds is 19. The molecule has 13 atom stereocenters. The van der Waals surface area contributed by atoms with Gasteiger partial charge in [-0.3, -0.25) is 0 Å². The normalized spacial score (nSPS) is 30.2. The number of aliphatic hydroxyl groups excluding tert-OH is 1. The van der Waals surface area contributed by atoms with Crippen LogP contribution in [0, 0.1) is 41.4 Å². The minimum Gasteiger partial charge on any atom is -0.385 e. The maximum atomic E-state index is 11.0. The molecule has 50 heavy (non-hydrogen) atoms. The Kier molecular flexibility index (Phi) is 14.3. The van der Waals surface area contributed by atoms with E-state index in [9.17, 15) is 10.00 Å². The van der Waals surface area contributed by atoms with Crippen molar-refractivity contribution in [2.75, 3.05) is 47.6 Å². The van der Waals surface area contributed by atoms with Crippen molar-refractivity contribution in [3.63, 3.8) is 0 Å². The van der Waals surface area contributed by atoms with Crippen LogP contribution in [0.5, 0.6) is 0 Å². The van der Waals surface area contributed by atoms with E-state index in [1.165, 1.54) is 6.42 Å². The van der Waals surface area contributed by atoms with E-state index in [0.29, 0.717) is 77.9 Å². The summed E-state index contributed by atoms with van der Waals surface area (Å²) in [6.07, 6.45) is 4.38. The summed E-state index contributed by atoms with van der Waals surface area (Å²) in [4.78, 5) is 21.0. The molecule has 4 heterocycles. The van der Waals surface area contributed by atoms with Crippen LogP contribution < -0.4 is 26.6 Å². The van der Waals surface area contributed by atoms with Crippen LogP contribution in [-0.2, 0) is 13.8 Å². The van der Waals surface area contributed by atoms with Gasteiger partial charge in [-0.15, -0.1) is 6.58 Å². The van der Waals surface area contributed by atoms with E-state index in [-0.39, 0.29) is 12.1 Å². The molecule has 0 amide bonds. The Balaban J connectivity index is 1.27. The smallest absolute Gasteiger partial charge is 0.385 e. The van der Waals surface area contributed by atoms with Gasteiger partial charge in [-0.1, -0.05) is 80.7 Å². The third kappa shape index (κ3) is 9.07. The molecule has 3 aliphatic heterocycles. The Labute approximate surface area is 303 Å². The van der Waals surface area contributed by atoms with Gasteiger partial charge in [-0.05, 0) is 67.7 Å². The van der Waals surface area contributed by atoms with Gasteiger partial charge >= 0.3 is 15.4 Å². The van der Waals surface area contributed by atoms with E-state index in [0.717, 1.165) is 32.2 Å². The zero-order chi connectivity index (χ0) is 37.0. The van der Waals surface area contributed by atoms with Crippen molar-refractivity contribution in [3.8, 4) is 0 Å². The zero-order valence-corrected chi connectivity index (χ0v) is 33.0. The molecule has 2 saturated heterocycles. The Morgan fingerprint density at radius 3 is 2.40 bits per heavy atom. The van der Waals surface area contributed by atoms with Gasteiger partial charge in [-0.25, -0.2) is 4.89 Å². The van der Waals surface area contributed by atoms with Gasteiger partial charge in [0.2, 0.25) is 5.95 Å². The molecule has 0 aliphatic carbocycles. The predicted molar refractivity (Wildman–Crippen MR) is 206 cm³/mol. The van der Waals surface area contributed by atoms with E-state index in [1.54, 1.807) is 4.90 Å². The van der Waals surface area contributed by atoms with Crippen LogP contribution in [0.15, 0.2) is 12.7 Å². The molecule has 7 N–H and O–H groups in total. The van der Waals surface area contributed by atoms with Gasteiger partial charge in [0.25, 0.3) is 0 Å². The first-order chi connectivity index (χ1) is 23.6. The number of unbranched alkanes of at least 4 members (excludes halogenated alkanes) is 3. The fraction of sp³-hybridized carbons (Fsp3) is 0.833. The lowest BCUT2D eigenvalue weighted by Crippen LogP contribution is -2.57. The molecule has 12 unspecified atom stereocenters. The number of nitrogens with one attached hydrogen (secondary N) is 3. The molecule has 14 heteroatoms. The van der Waals surface area contributed by atoms with Crippen LogP contribution in [0.1, 0.15) is 94.4 Å². The lowest BCUT2D eigenvalue weighted by Gasteiger charge is -2.49. The maximum Gasteiger partial charge on any atom is 0.488 e. The lowest BCUT2D eigenvalue weighted by atomic mass is 9.62. The highest BCUT2D eigenvalue weighted by molar-refractivity contribution is 7.85. The third-order valence-electron chi connectivity index (χ3n) is 12.9.